The predicted molar refractivity (Wildman–Crippen MR) is 61.8 cm³/mol. The SMILES string of the molecule is ClCC=CCOc1cccc(Cl)c1Cl. The van der Waals surface area contributed by atoms with Crippen molar-refractivity contribution in [2.45, 2.75) is 0 Å². The lowest BCUT2D eigenvalue weighted by Gasteiger charge is -2.05. The third-order valence-corrected chi connectivity index (χ3v) is 2.49. The molecule has 0 aromatic heterocycles. The van der Waals surface area contributed by atoms with Gasteiger partial charge in [-0.1, -0.05) is 41.4 Å². The van der Waals surface area contributed by atoms with Crippen LogP contribution in [0, 0.1) is 0 Å². The van der Waals surface area contributed by atoms with Gasteiger partial charge in [0.05, 0.1) is 5.02 Å². The second kappa shape index (κ2) is 6.18. The summed E-state index contributed by atoms with van der Waals surface area (Å²) in [6, 6.07) is 5.27. The summed E-state index contributed by atoms with van der Waals surface area (Å²) < 4.78 is 5.36. The smallest absolute Gasteiger partial charge is 0.139 e. The van der Waals surface area contributed by atoms with E-state index in [2.05, 4.69) is 0 Å². The highest BCUT2D eigenvalue weighted by molar-refractivity contribution is 6.42. The number of alkyl halides is 1. The fourth-order valence-corrected chi connectivity index (χ4v) is 1.34. The maximum absolute atomic E-state index is 5.90. The summed E-state index contributed by atoms with van der Waals surface area (Å²) in [7, 11) is 0. The first-order valence-corrected chi connectivity index (χ1v) is 5.32. The Labute approximate surface area is 98.2 Å². The summed E-state index contributed by atoms with van der Waals surface area (Å²) in [5, 5.41) is 0.930. The quantitative estimate of drug-likeness (QED) is 0.576. The van der Waals surface area contributed by atoms with E-state index in [0.717, 1.165) is 0 Å². The van der Waals surface area contributed by atoms with Crippen molar-refractivity contribution in [2.75, 3.05) is 12.5 Å². The highest BCUT2D eigenvalue weighted by Gasteiger charge is 2.03. The maximum Gasteiger partial charge on any atom is 0.139 e. The molecule has 0 heterocycles. The number of benzene rings is 1. The van der Waals surface area contributed by atoms with Crippen LogP contribution in [0.3, 0.4) is 0 Å². The second-order valence-electron chi connectivity index (χ2n) is 2.49. The van der Waals surface area contributed by atoms with Crippen molar-refractivity contribution in [1.29, 1.82) is 0 Å². The van der Waals surface area contributed by atoms with Gasteiger partial charge in [0.1, 0.15) is 17.4 Å². The van der Waals surface area contributed by atoms with Crippen molar-refractivity contribution in [1.82, 2.24) is 0 Å². The van der Waals surface area contributed by atoms with E-state index in [1.54, 1.807) is 24.3 Å². The van der Waals surface area contributed by atoms with Gasteiger partial charge in [0.25, 0.3) is 0 Å². The average molecular weight is 252 g/mol. The van der Waals surface area contributed by atoms with Crippen LogP contribution < -0.4 is 4.74 Å². The Morgan fingerprint density at radius 1 is 1.21 bits per heavy atom. The molecule has 0 N–H and O–H groups in total. The van der Waals surface area contributed by atoms with Gasteiger partial charge in [0.2, 0.25) is 0 Å². The molecule has 1 aromatic rings. The zero-order chi connectivity index (χ0) is 10.4. The van der Waals surface area contributed by atoms with Crippen molar-refractivity contribution in [3.8, 4) is 5.75 Å². The molecule has 14 heavy (non-hydrogen) atoms. The van der Waals surface area contributed by atoms with Crippen LogP contribution in [0.15, 0.2) is 30.4 Å². The molecule has 0 aliphatic carbocycles. The van der Waals surface area contributed by atoms with E-state index in [4.69, 9.17) is 39.5 Å². The van der Waals surface area contributed by atoms with Crippen LogP contribution in [0.5, 0.6) is 5.75 Å². The molecule has 1 nitrogen and oxygen atoms in total. The molecule has 1 aromatic carbocycles. The molecule has 0 atom stereocenters. The number of hydrogen-bond donors (Lipinski definition) is 0. The van der Waals surface area contributed by atoms with Gasteiger partial charge in [-0.15, -0.1) is 11.6 Å². The average Bonchev–Trinajstić information content (AvgIpc) is 2.19. The Morgan fingerprint density at radius 3 is 2.71 bits per heavy atom. The summed E-state index contributed by atoms with van der Waals surface area (Å²) >= 11 is 17.2. The van der Waals surface area contributed by atoms with Crippen molar-refractivity contribution in [3.05, 3.63) is 40.4 Å². The van der Waals surface area contributed by atoms with Gasteiger partial charge < -0.3 is 4.74 Å². The molecule has 0 fully saturated rings. The Kier molecular flexibility index (Phi) is 5.16. The van der Waals surface area contributed by atoms with Gasteiger partial charge >= 0.3 is 0 Å². The minimum atomic E-state index is 0.437. The van der Waals surface area contributed by atoms with E-state index < -0.39 is 0 Å². The Hall–Kier alpha value is -0.370. The van der Waals surface area contributed by atoms with E-state index in [1.807, 2.05) is 6.08 Å². The van der Waals surface area contributed by atoms with Crippen molar-refractivity contribution in [2.24, 2.45) is 0 Å². The number of allylic oxidation sites excluding steroid dienone is 1. The van der Waals surface area contributed by atoms with Gasteiger partial charge in [-0.2, -0.15) is 0 Å². The number of halogens is 3. The third-order valence-electron chi connectivity index (χ3n) is 1.51. The Bertz CT molecular complexity index is 323. The first-order valence-electron chi connectivity index (χ1n) is 4.03. The summed E-state index contributed by atoms with van der Waals surface area (Å²) in [6.45, 7) is 0.437. The normalized spacial score (nSPS) is 10.8. The van der Waals surface area contributed by atoms with Crippen molar-refractivity contribution in [3.63, 3.8) is 0 Å². The lowest BCUT2D eigenvalue weighted by atomic mass is 10.3. The Morgan fingerprint density at radius 2 is 2.00 bits per heavy atom. The molecular formula is C10H9Cl3O. The fourth-order valence-electron chi connectivity index (χ4n) is 0.864. The fraction of sp³-hybridized carbons (Fsp3) is 0.200. The van der Waals surface area contributed by atoms with Crippen molar-refractivity contribution < 1.29 is 4.74 Å². The third kappa shape index (κ3) is 3.41. The van der Waals surface area contributed by atoms with E-state index in [9.17, 15) is 0 Å². The van der Waals surface area contributed by atoms with Crippen LogP contribution in [0.1, 0.15) is 0 Å². The molecule has 76 valence electrons. The zero-order valence-corrected chi connectivity index (χ0v) is 9.61. The van der Waals surface area contributed by atoms with E-state index in [1.165, 1.54) is 0 Å². The molecule has 0 spiro atoms. The summed E-state index contributed by atoms with van der Waals surface area (Å²) in [5.74, 6) is 1.06. The van der Waals surface area contributed by atoms with Crippen LogP contribution in [-0.4, -0.2) is 12.5 Å². The van der Waals surface area contributed by atoms with E-state index in [0.29, 0.717) is 28.3 Å². The molecule has 0 unspecified atom stereocenters. The number of rotatable bonds is 4. The molecule has 0 bridgehead atoms. The Balaban J connectivity index is 2.59. The van der Waals surface area contributed by atoms with Crippen molar-refractivity contribution >= 4 is 34.8 Å². The highest BCUT2D eigenvalue weighted by atomic mass is 35.5. The van der Waals surface area contributed by atoms with Gasteiger partial charge in [0.15, 0.2) is 0 Å². The van der Waals surface area contributed by atoms with Gasteiger partial charge in [-0.3, -0.25) is 0 Å². The van der Waals surface area contributed by atoms with Crippen LogP contribution in [0.4, 0.5) is 0 Å². The first kappa shape index (κ1) is 11.7. The van der Waals surface area contributed by atoms with Crippen LogP contribution in [-0.2, 0) is 0 Å². The van der Waals surface area contributed by atoms with Crippen LogP contribution in [0.25, 0.3) is 0 Å². The molecule has 4 heteroatoms. The predicted octanol–water partition coefficient (Wildman–Crippen LogP) is 4.17. The molecule has 0 radical (unpaired) electrons. The molecule has 0 saturated heterocycles. The number of ether oxygens (including phenoxy) is 1. The van der Waals surface area contributed by atoms with E-state index >= 15 is 0 Å². The van der Waals surface area contributed by atoms with Crippen LogP contribution >= 0.6 is 34.8 Å². The molecule has 0 aliphatic heterocycles. The standard InChI is InChI=1S/C10H9Cl3O/c11-6-1-2-7-14-9-5-3-4-8(12)10(9)13/h1-5H,6-7H2. The van der Waals surface area contributed by atoms with E-state index in [-0.39, 0.29) is 0 Å². The molecule has 0 aliphatic rings. The zero-order valence-electron chi connectivity index (χ0n) is 7.34. The lowest BCUT2D eigenvalue weighted by Crippen LogP contribution is -1.94. The minimum absolute atomic E-state index is 0.437. The summed E-state index contributed by atoms with van der Waals surface area (Å²) in [4.78, 5) is 0. The summed E-state index contributed by atoms with van der Waals surface area (Å²) in [5.41, 5.74) is 0. The van der Waals surface area contributed by atoms with Crippen LogP contribution in [0.2, 0.25) is 10.0 Å². The number of hydrogen-bond acceptors (Lipinski definition) is 1. The molecule has 0 amide bonds. The summed E-state index contributed by atoms with van der Waals surface area (Å²) in [6.07, 6.45) is 3.63. The maximum atomic E-state index is 5.90. The monoisotopic (exact) mass is 250 g/mol. The molecule has 0 saturated carbocycles. The molecule has 1 rings (SSSR count). The minimum Gasteiger partial charge on any atom is -0.488 e. The molecular weight excluding hydrogens is 242 g/mol. The van der Waals surface area contributed by atoms with Gasteiger partial charge in [-0.25, -0.2) is 0 Å². The highest BCUT2D eigenvalue weighted by Crippen LogP contribution is 2.31. The first-order chi connectivity index (χ1) is 6.75. The second-order valence-corrected chi connectivity index (χ2v) is 3.58. The lowest BCUT2D eigenvalue weighted by molar-refractivity contribution is 0.363. The van der Waals surface area contributed by atoms with Gasteiger partial charge in [0, 0.05) is 5.88 Å². The van der Waals surface area contributed by atoms with Gasteiger partial charge in [-0.05, 0) is 12.1 Å². The largest absolute Gasteiger partial charge is 0.488 e. The topological polar surface area (TPSA) is 9.23 Å².